The van der Waals surface area contributed by atoms with Crippen LogP contribution >= 0.6 is 11.6 Å². The first-order valence-corrected chi connectivity index (χ1v) is 10.3. The molecule has 2 amide bonds. The lowest BCUT2D eigenvalue weighted by atomic mass is 10.2. The fourth-order valence-corrected chi connectivity index (χ4v) is 2.71. The number of benzene rings is 3. The van der Waals surface area contributed by atoms with E-state index >= 15 is 0 Å². The highest BCUT2D eigenvalue weighted by Gasteiger charge is 2.13. The summed E-state index contributed by atoms with van der Waals surface area (Å²) in [6.45, 7) is 2.42. The van der Waals surface area contributed by atoms with Crippen molar-refractivity contribution < 1.29 is 23.9 Å². The Labute approximate surface area is 195 Å². The van der Waals surface area contributed by atoms with Crippen molar-refractivity contribution >= 4 is 41.3 Å². The van der Waals surface area contributed by atoms with Crippen LogP contribution in [0.15, 0.2) is 77.9 Å². The maximum Gasteiger partial charge on any atom is 0.343 e. The molecule has 0 radical (unpaired) electrons. The van der Waals surface area contributed by atoms with Gasteiger partial charge in [-0.1, -0.05) is 11.6 Å². The SMILES string of the molecule is CCOc1ccc(C(=O)Oc2ccc(/C=N/NC(=O)C(=O)Nc3ccc(Cl)cc3)cc2)cc1. The van der Waals surface area contributed by atoms with E-state index in [9.17, 15) is 14.4 Å². The van der Waals surface area contributed by atoms with Gasteiger partial charge in [0.05, 0.1) is 18.4 Å². The van der Waals surface area contributed by atoms with Crippen molar-refractivity contribution in [2.45, 2.75) is 6.92 Å². The lowest BCUT2D eigenvalue weighted by molar-refractivity contribution is -0.136. The second kappa shape index (κ2) is 11.4. The maximum atomic E-state index is 12.2. The molecule has 0 unspecified atom stereocenters. The van der Waals surface area contributed by atoms with Gasteiger partial charge in [0.15, 0.2) is 0 Å². The van der Waals surface area contributed by atoms with E-state index in [4.69, 9.17) is 21.1 Å². The Morgan fingerprint density at radius 2 is 1.52 bits per heavy atom. The molecule has 0 aliphatic carbocycles. The van der Waals surface area contributed by atoms with Gasteiger partial charge < -0.3 is 14.8 Å². The fourth-order valence-electron chi connectivity index (χ4n) is 2.58. The minimum atomic E-state index is -0.929. The smallest absolute Gasteiger partial charge is 0.343 e. The van der Waals surface area contributed by atoms with Crippen molar-refractivity contribution in [3.8, 4) is 11.5 Å². The summed E-state index contributed by atoms with van der Waals surface area (Å²) >= 11 is 5.78. The molecular weight excluding hydrogens is 446 g/mol. The summed E-state index contributed by atoms with van der Waals surface area (Å²) < 4.78 is 10.7. The van der Waals surface area contributed by atoms with Gasteiger partial charge in [0, 0.05) is 10.7 Å². The minimum Gasteiger partial charge on any atom is -0.494 e. The highest BCUT2D eigenvalue weighted by molar-refractivity contribution is 6.39. The van der Waals surface area contributed by atoms with Crippen molar-refractivity contribution in [1.82, 2.24) is 5.43 Å². The highest BCUT2D eigenvalue weighted by Crippen LogP contribution is 2.16. The Morgan fingerprint density at radius 3 is 2.15 bits per heavy atom. The monoisotopic (exact) mass is 465 g/mol. The van der Waals surface area contributed by atoms with Gasteiger partial charge in [-0.25, -0.2) is 10.2 Å². The number of hydrazone groups is 1. The number of esters is 1. The average molecular weight is 466 g/mol. The van der Waals surface area contributed by atoms with Crippen molar-refractivity contribution in [2.75, 3.05) is 11.9 Å². The zero-order valence-electron chi connectivity index (χ0n) is 17.6. The number of rotatable bonds is 7. The fraction of sp³-hybridized carbons (Fsp3) is 0.0833. The Hall–Kier alpha value is -4.17. The number of nitrogens with zero attached hydrogens (tertiary/aromatic N) is 1. The number of carbonyl (C=O) groups excluding carboxylic acids is 3. The van der Waals surface area contributed by atoms with Gasteiger partial charge in [-0.2, -0.15) is 5.10 Å². The molecule has 0 saturated heterocycles. The number of hydrogen-bond donors (Lipinski definition) is 2. The molecule has 0 atom stereocenters. The second-order valence-electron chi connectivity index (χ2n) is 6.58. The number of hydrogen-bond acceptors (Lipinski definition) is 6. The molecule has 0 spiro atoms. The van der Waals surface area contributed by atoms with E-state index < -0.39 is 17.8 Å². The van der Waals surface area contributed by atoms with Gasteiger partial charge in [0.1, 0.15) is 11.5 Å². The van der Waals surface area contributed by atoms with Crippen LogP contribution in [-0.4, -0.2) is 30.6 Å². The quantitative estimate of drug-likeness (QED) is 0.180. The van der Waals surface area contributed by atoms with Gasteiger partial charge >= 0.3 is 17.8 Å². The first kappa shape index (κ1) is 23.5. The first-order valence-electron chi connectivity index (χ1n) is 9.89. The van der Waals surface area contributed by atoms with Crippen LogP contribution in [0, 0.1) is 0 Å². The molecule has 0 fully saturated rings. The Morgan fingerprint density at radius 1 is 0.879 bits per heavy atom. The van der Waals surface area contributed by atoms with E-state index in [0.29, 0.717) is 39.9 Å². The molecule has 0 heterocycles. The summed E-state index contributed by atoms with van der Waals surface area (Å²) in [5, 5.41) is 6.69. The summed E-state index contributed by atoms with van der Waals surface area (Å²) in [5.74, 6) is -1.28. The third-order valence-corrected chi connectivity index (χ3v) is 4.43. The van der Waals surface area contributed by atoms with Crippen molar-refractivity contribution in [3.63, 3.8) is 0 Å². The molecule has 33 heavy (non-hydrogen) atoms. The molecule has 3 aromatic rings. The molecule has 8 nitrogen and oxygen atoms in total. The lowest BCUT2D eigenvalue weighted by Gasteiger charge is -2.06. The highest BCUT2D eigenvalue weighted by atomic mass is 35.5. The predicted octanol–water partition coefficient (Wildman–Crippen LogP) is 4.05. The van der Waals surface area contributed by atoms with E-state index in [1.54, 1.807) is 72.8 Å². The van der Waals surface area contributed by atoms with Crippen LogP contribution in [0.25, 0.3) is 0 Å². The molecule has 0 bridgehead atoms. The van der Waals surface area contributed by atoms with Gasteiger partial charge in [-0.15, -0.1) is 0 Å². The van der Waals surface area contributed by atoms with Gasteiger partial charge in [-0.3, -0.25) is 9.59 Å². The van der Waals surface area contributed by atoms with E-state index in [1.807, 2.05) is 6.92 Å². The number of nitrogens with one attached hydrogen (secondary N) is 2. The second-order valence-corrected chi connectivity index (χ2v) is 7.01. The number of halogens is 1. The Balaban J connectivity index is 1.49. The van der Waals surface area contributed by atoms with Gasteiger partial charge in [-0.05, 0) is 85.3 Å². The molecule has 9 heteroatoms. The van der Waals surface area contributed by atoms with Crippen molar-refractivity contribution in [2.24, 2.45) is 5.10 Å². The summed E-state index contributed by atoms with van der Waals surface area (Å²) in [6.07, 6.45) is 1.35. The molecule has 0 aliphatic rings. The first-order chi connectivity index (χ1) is 15.9. The summed E-state index contributed by atoms with van der Waals surface area (Å²) in [4.78, 5) is 36.0. The minimum absolute atomic E-state index is 0.345. The Kier molecular flexibility index (Phi) is 8.15. The van der Waals surface area contributed by atoms with E-state index in [-0.39, 0.29) is 0 Å². The van der Waals surface area contributed by atoms with E-state index in [1.165, 1.54) is 6.21 Å². The number of amides is 2. The number of carbonyl (C=O) groups is 3. The summed E-state index contributed by atoms with van der Waals surface area (Å²) in [6, 6.07) is 19.4. The number of anilines is 1. The average Bonchev–Trinajstić information content (AvgIpc) is 2.82. The zero-order valence-corrected chi connectivity index (χ0v) is 18.3. The van der Waals surface area contributed by atoms with E-state index in [0.717, 1.165) is 0 Å². The predicted molar refractivity (Wildman–Crippen MR) is 125 cm³/mol. The maximum absolute atomic E-state index is 12.2. The van der Waals surface area contributed by atoms with Crippen molar-refractivity contribution in [3.05, 3.63) is 88.9 Å². The van der Waals surface area contributed by atoms with Crippen LogP contribution < -0.4 is 20.2 Å². The summed E-state index contributed by atoms with van der Waals surface area (Å²) in [5.41, 5.74) is 3.58. The van der Waals surface area contributed by atoms with Crippen LogP contribution in [0.5, 0.6) is 11.5 Å². The third kappa shape index (κ3) is 7.19. The van der Waals surface area contributed by atoms with Crippen LogP contribution in [0.4, 0.5) is 5.69 Å². The lowest BCUT2D eigenvalue weighted by Crippen LogP contribution is -2.32. The van der Waals surface area contributed by atoms with Crippen LogP contribution in [-0.2, 0) is 9.59 Å². The molecule has 2 N–H and O–H groups in total. The molecule has 3 aromatic carbocycles. The molecule has 168 valence electrons. The van der Waals surface area contributed by atoms with Crippen LogP contribution in [0.3, 0.4) is 0 Å². The van der Waals surface area contributed by atoms with Gasteiger partial charge in [0.2, 0.25) is 0 Å². The molecule has 0 aromatic heterocycles. The molecule has 0 saturated carbocycles. The Bertz CT molecular complexity index is 1140. The summed E-state index contributed by atoms with van der Waals surface area (Å²) in [7, 11) is 0. The molecule has 0 aliphatic heterocycles. The standard InChI is InChI=1S/C24H20ClN3O5/c1-2-32-20-13-5-17(6-14-20)24(31)33-21-11-3-16(4-12-21)15-26-28-23(30)22(29)27-19-9-7-18(25)8-10-19/h3-15H,2H2,1H3,(H,27,29)(H,28,30)/b26-15+. The molecular formula is C24H20ClN3O5. The van der Waals surface area contributed by atoms with Crippen LogP contribution in [0.2, 0.25) is 5.02 Å². The third-order valence-electron chi connectivity index (χ3n) is 4.18. The normalized spacial score (nSPS) is 10.5. The van der Waals surface area contributed by atoms with Gasteiger partial charge in [0.25, 0.3) is 0 Å². The van der Waals surface area contributed by atoms with Crippen molar-refractivity contribution in [1.29, 1.82) is 0 Å². The number of ether oxygens (including phenoxy) is 2. The van der Waals surface area contributed by atoms with Crippen LogP contribution in [0.1, 0.15) is 22.8 Å². The zero-order chi connectivity index (χ0) is 23.6. The topological polar surface area (TPSA) is 106 Å². The molecule has 3 rings (SSSR count). The van der Waals surface area contributed by atoms with E-state index in [2.05, 4.69) is 15.8 Å². The largest absolute Gasteiger partial charge is 0.494 e.